The lowest BCUT2D eigenvalue weighted by molar-refractivity contribution is -0.121. The molecule has 0 unspecified atom stereocenters. The van der Waals surface area contributed by atoms with Crippen molar-refractivity contribution in [2.24, 2.45) is 0 Å². The maximum Gasteiger partial charge on any atom is 0.225 e. The average Bonchev–Trinajstić information content (AvgIpc) is 2.50. The number of para-hydroxylation sites is 1. The van der Waals surface area contributed by atoms with Crippen LogP contribution in [0.3, 0.4) is 0 Å². The van der Waals surface area contributed by atoms with E-state index in [9.17, 15) is 13.6 Å². The maximum atomic E-state index is 13.2. The van der Waals surface area contributed by atoms with E-state index in [1.807, 2.05) is 12.1 Å². The van der Waals surface area contributed by atoms with Crippen LogP contribution in [0.5, 0.6) is 5.75 Å². The Hall–Kier alpha value is -2.43. The van der Waals surface area contributed by atoms with Gasteiger partial charge in [0.25, 0.3) is 0 Å². The van der Waals surface area contributed by atoms with Crippen LogP contribution < -0.4 is 10.1 Å². The van der Waals surface area contributed by atoms with Gasteiger partial charge in [0.15, 0.2) is 11.6 Å². The molecule has 5 heteroatoms. The second-order valence-electron chi connectivity index (χ2n) is 4.95. The van der Waals surface area contributed by atoms with E-state index in [0.717, 1.165) is 17.7 Å². The highest BCUT2D eigenvalue weighted by Crippen LogP contribution is 2.19. The zero-order valence-electron chi connectivity index (χ0n) is 12.4. The first-order chi connectivity index (χ1) is 10.5. The highest BCUT2D eigenvalue weighted by atomic mass is 19.2. The first-order valence-electron chi connectivity index (χ1n) is 6.87. The minimum atomic E-state index is -0.927. The fourth-order valence-corrected chi connectivity index (χ4v) is 2.18. The summed E-state index contributed by atoms with van der Waals surface area (Å²) in [5.74, 6) is -1.42. The Morgan fingerprint density at radius 3 is 2.59 bits per heavy atom. The largest absolute Gasteiger partial charge is 0.496 e. The lowest BCUT2D eigenvalue weighted by Crippen LogP contribution is -2.28. The number of benzene rings is 2. The third-order valence-electron chi connectivity index (χ3n) is 3.36. The topological polar surface area (TPSA) is 38.3 Å². The molecule has 22 heavy (non-hydrogen) atoms. The zero-order valence-corrected chi connectivity index (χ0v) is 12.4. The summed E-state index contributed by atoms with van der Waals surface area (Å²) in [4.78, 5) is 12.1. The summed E-state index contributed by atoms with van der Waals surface area (Å²) in [6.07, 6.45) is 0.151. The summed E-state index contributed by atoms with van der Waals surface area (Å²) in [5.41, 5.74) is 1.27. The van der Waals surface area contributed by atoms with Crippen LogP contribution in [-0.4, -0.2) is 13.0 Å². The van der Waals surface area contributed by atoms with Gasteiger partial charge in [0, 0.05) is 5.56 Å². The van der Waals surface area contributed by atoms with Gasteiger partial charge in [-0.2, -0.15) is 0 Å². The number of halogens is 2. The van der Waals surface area contributed by atoms with Gasteiger partial charge in [-0.15, -0.1) is 0 Å². The molecule has 0 saturated carbocycles. The molecule has 116 valence electrons. The van der Waals surface area contributed by atoms with E-state index >= 15 is 0 Å². The molecule has 0 radical (unpaired) electrons. The monoisotopic (exact) mass is 305 g/mol. The number of hydrogen-bond donors (Lipinski definition) is 1. The van der Waals surface area contributed by atoms with Gasteiger partial charge in [-0.1, -0.05) is 24.3 Å². The van der Waals surface area contributed by atoms with Gasteiger partial charge in [-0.25, -0.2) is 8.78 Å². The highest BCUT2D eigenvalue weighted by Gasteiger charge is 2.14. The van der Waals surface area contributed by atoms with Gasteiger partial charge in [0.2, 0.25) is 5.91 Å². The van der Waals surface area contributed by atoms with Crippen LogP contribution in [0.4, 0.5) is 8.78 Å². The first kappa shape index (κ1) is 15.9. The molecule has 1 amide bonds. The van der Waals surface area contributed by atoms with Gasteiger partial charge >= 0.3 is 0 Å². The second-order valence-corrected chi connectivity index (χ2v) is 4.95. The van der Waals surface area contributed by atoms with Crippen molar-refractivity contribution < 1.29 is 18.3 Å². The number of carbonyl (C=O) groups excluding carboxylic acids is 1. The molecule has 1 atom stereocenters. The minimum Gasteiger partial charge on any atom is -0.496 e. The van der Waals surface area contributed by atoms with Crippen molar-refractivity contribution in [3.8, 4) is 5.75 Å². The Morgan fingerprint density at radius 2 is 1.91 bits per heavy atom. The summed E-state index contributed by atoms with van der Waals surface area (Å²) in [6, 6.07) is 10.4. The number of nitrogens with one attached hydrogen (secondary N) is 1. The van der Waals surface area contributed by atoms with Crippen molar-refractivity contribution in [1.82, 2.24) is 5.32 Å². The number of carbonyl (C=O) groups is 1. The van der Waals surface area contributed by atoms with E-state index in [4.69, 9.17) is 4.74 Å². The molecular formula is C17H17F2NO2. The molecule has 3 nitrogen and oxygen atoms in total. The predicted molar refractivity (Wildman–Crippen MR) is 79.6 cm³/mol. The van der Waals surface area contributed by atoms with Crippen LogP contribution in [0.15, 0.2) is 42.5 Å². The van der Waals surface area contributed by atoms with Gasteiger partial charge in [0.05, 0.1) is 19.6 Å². The lowest BCUT2D eigenvalue weighted by Gasteiger charge is -2.15. The number of rotatable bonds is 5. The lowest BCUT2D eigenvalue weighted by atomic mass is 10.1. The number of amides is 1. The summed E-state index contributed by atoms with van der Waals surface area (Å²) >= 11 is 0. The fourth-order valence-electron chi connectivity index (χ4n) is 2.18. The summed E-state index contributed by atoms with van der Waals surface area (Å²) < 4.78 is 31.3. The van der Waals surface area contributed by atoms with Gasteiger partial charge < -0.3 is 10.1 Å². The SMILES string of the molecule is COc1ccccc1CC(=O)N[C@@H](C)c1ccc(F)c(F)c1. The molecule has 2 aromatic rings. The molecule has 0 bridgehead atoms. The quantitative estimate of drug-likeness (QED) is 0.919. The van der Waals surface area contributed by atoms with Crippen LogP contribution in [0.1, 0.15) is 24.1 Å². The molecule has 0 spiro atoms. The predicted octanol–water partition coefficient (Wildman–Crippen LogP) is 3.39. The van der Waals surface area contributed by atoms with Crippen molar-refractivity contribution in [3.05, 3.63) is 65.2 Å². The maximum absolute atomic E-state index is 13.2. The van der Waals surface area contributed by atoms with Crippen molar-refractivity contribution in [2.75, 3.05) is 7.11 Å². The van der Waals surface area contributed by atoms with Crippen molar-refractivity contribution in [1.29, 1.82) is 0 Å². The van der Waals surface area contributed by atoms with E-state index in [1.54, 1.807) is 26.2 Å². The van der Waals surface area contributed by atoms with E-state index in [1.165, 1.54) is 6.07 Å². The highest BCUT2D eigenvalue weighted by molar-refractivity contribution is 5.79. The first-order valence-corrected chi connectivity index (χ1v) is 6.87. The molecule has 0 aliphatic rings. The summed E-state index contributed by atoms with van der Waals surface area (Å²) in [5, 5.41) is 2.76. The molecular weight excluding hydrogens is 288 g/mol. The smallest absolute Gasteiger partial charge is 0.225 e. The standard InChI is InChI=1S/C17H17F2NO2/c1-11(12-7-8-14(18)15(19)9-12)20-17(21)10-13-5-3-4-6-16(13)22-2/h3-9,11H,10H2,1-2H3,(H,20,21)/t11-/m0/s1. The van der Waals surface area contributed by atoms with Crippen molar-refractivity contribution in [2.45, 2.75) is 19.4 Å². The Bertz CT molecular complexity index is 673. The van der Waals surface area contributed by atoms with E-state index in [2.05, 4.69) is 5.32 Å². The molecule has 0 saturated heterocycles. The minimum absolute atomic E-state index is 0.151. The van der Waals surface area contributed by atoms with Gasteiger partial charge in [0.1, 0.15) is 5.75 Å². The number of ether oxygens (including phenoxy) is 1. The Labute approximate surface area is 127 Å². The molecule has 2 rings (SSSR count). The number of hydrogen-bond acceptors (Lipinski definition) is 2. The van der Waals surface area contributed by atoms with Gasteiger partial charge in [-0.05, 0) is 30.7 Å². The summed E-state index contributed by atoms with van der Waals surface area (Å²) in [7, 11) is 1.54. The van der Waals surface area contributed by atoms with Crippen LogP contribution in [-0.2, 0) is 11.2 Å². The van der Waals surface area contributed by atoms with Crippen molar-refractivity contribution >= 4 is 5.91 Å². The Morgan fingerprint density at radius 1 is 1.18 bits per heavy atom. The van der Waals surface area contributed by atoms with Crippen molar-refractivity contribution in [3.63, 3.8) is 0 Å². The van der Waals surface area contributed by atoms with Crippen LogP contribution >= 0.6 is 0 Å². The molecule has 0 aliphatic carbocycles. The molecule has 0 heterocycles. The molecule has 0 aliphatic heterocycles. The van der Waals surface area contributed by atoms with E-state index in [0.29, 0.717) is 11.3 Å². The number of methoxy groups -OCH3 is 1. The Kier molecular flexibility index (Phi) is 5.09. The fraction of sp³-hybridized carbons (Fsp3) is 0.235. The summed E-state index contributed by atoms with van der Waals surface area (Å²) in [6.45, 7) is 1.72. The third kappa shape index (κ3) is 3.81. The second kappa shape index (κ2) is 7.02. The normalized spacial score (nSPS) is 11.8. The van der Waals surface area contributed by atoms with Crippen LogP contribution in [0.2, 0.25) is 0 Å². The van der Waals surface area contributed by atoms with Crippen LogP contribution in [0, 0.1) is 11.6 Å². The average molecular weight is 305 g/mol. The Balaban J connectivity index is 2.03. The molecule has 1 N–H and O–H groups in total. The molecule has 2 aromatic carbocycles. The van der Waals surface area contributed by atoms with E-state index in [-0.39, 0.29) is 12.3 Å². The zero-order chi connectivity index (χ0) is 16.1. The third-order valence-corrected chi connectivity index (χ3v) is 3.36. The molecule has 0 aromatic heterocycles. The van der Waals surface area contributed by atoms with E-state index < -0.39 is 17.7 Å². The van der Waals surface area contributed by atoms with Gasteiger partial charge in [-0.3, -0.25) is 4.79 Å². The van der Waals surface area contributed by atoms with Crippen LogP contribution in [0.25, 0.3) is 0 Å². The molecule has 0 fully saturated rings.